The van der Waals surface area contributed by atoms with Gasteiger partial charge in [-0.25, -0.2) is 9.78 Å². The summed E-state index contributed by atoms with van der Waals surface area (Å²) in [5, 5.41) is 3.09. The molecule has 1 aliphatic carbocycles. The fourth-order valence-electron chi connectivity index (χ4n) is 3.36. The molecule has 0 aliphatic heterocycles. The van der Waals surface area contributed by atoms with E-state index in [1.165, 1.54) is 23.1 Å². The number of nitrogens with zero attached hydrogens (tertiary/aromatic N) is 1. The van der Waals surface area contributed by atoms with E-state index < -0.39 is 0 Å². The van der Waals surface area contributed by atoms with E-state index >= 15 is 0 Å². The van der Waals surface area contributed by atoms with E-state index in [0.29, 0.717) is 5.88 Å². The maximum atomic E-state index is 12.3. The molecule has 0 spiro atoms. The lowest BCUT2D eigenvalue weighted by Crippen LogP contribution is -2.24. The molecule has 0 saturated carbocycles. The van der Waals surface area contributed by atoms with Gasteiger partial charge in [0.15, 0.2) is 0 Å². The smallest absolute Gasteiger partial charge is 0.329 e. The van der Waals surface area contributed by atoms with Crippen LogP contribution in [-0.4, -0.2) is 23.9 Å². The van der Waals surface area contributed by atoms with Crippen LogP contribution in [0.3, 0.4) is 0 Å². The van der Waals surface area contributed by atoms with E-state index in [0.717, 1.165) is 47.4 Å². The summed E-state index contributed by atoms with van der Waals surface area (Å²) in [6.07, 6.45) is 4.91. The molecule has 6 heteroatoms. The maximum Gasteiger partial charge on any atom is 0.329 e. The quantitative estimate of drug-likeness (QED) is 0.781. The number of benzene rings is 1. The average molecular weight is 357 g/mol. The zero-order chi connectivity index (χ0) is 17.8. The van der Waals surface area contributed by atoms with Gasteiger partial charge in [0.1, 0.15) is 0 Å². The number of carbonyl (C=O) groups is 1. The number of hydrogen-bond donors (Lipinski definition) is 2. The highest BCUT2D eigenvalue weighted by molar-refractivity contribution is 7.97. The molecule has 132 valence electrons. The van der Waals surface area contributed by atoms with E-state index in [2.05, 4.69) is 28.0 Å². The van der Waals surface area contributed by atoms with Crippen LogP contribution in [0.2, 0.25) is 0 Å². The van der Waals surface area contributed by atoms with Gasteiger partial charge in [-0.1, -0.05) is 13.0 Å². The van der Waals surface area contributed by atoms with Gasteiger partial charge in [-0.2, -0.15) is 0 Å². The Balaban J connectivity index is 2.08. The molecular formula is C19H23N3O2S. The number of ether oxygens (including phenoxy) is 1. The van der Waals surface area contributed by atoms with Gasteiger partial charge in [-0.3, -0.25) is 4.72 Å². The van der Waals surface area contributed by atoms with Crippen molar-refractivity contribution in [3.63, 3.8) is 0 Å². The molecule has 25 heavy (non-hydrogen) atoms. The highest BCUT2D eigenvalue weighted by Crippen LogP contribution is 2.40. The van der Waals surface area contributed by atoms with Crippen LogP contribution in [-0.2, 0) is 12.8 Å². The van der Waals surface area contributed by atoms with Crippen molar-refractivity contribution in [2.24, 2.45) is 0 Å². The lowest BCUT2D eigenvalue weighted by Gasteiger charge is -2.19. The zero-order valence-electron chi connectivity index (χ0n) is 14.8. The molecule has 1 aromatic carbocycles. The van der Waals surface area contributed by atoms with Crippen molar-refractivity contribution in [3.8, 4) is 17.0 Å². The number of fused-ring (bicyclic) bond motifs is 1. The minimum Gasteiger partial charge on any atom is -0.481 e. The molecule has 2 aromatic rings. The Morgan fingerprint density at radius 2 is 2.20 bits per heavy atom. The Bertz CT molecular complexity index is 792. The number of methoxy groups -OCH3 is 1. The lowest BCUT2D eigenvalue weighted by atomic mass is 9.93. The van der Waals surface area contributed by atoms with Crippen molar-refractivity contribution in [2.75, 3.05) is 18.2 Å². The molecule has 0 fully saturated rings. The monoisotopic (exact) mass is 357 g/mol. The number of pyridine rings is 1. The van der Waals surface area contributed by atoms with E-state index in [4.69, 9.17) is 4.74 Å². The molecule has 2 amide bonds. The van der Waals surface area contributed by atoms with Crippen molar-refractivity contribution in [1.29, 1.82) is 0 Å². The van der Waals surface area contributed by atoms with Gasteiger partial charge in [-0.05, 0) is 66.5 Å². The summed E-state index contributed by atoms with van der Waals surface area (Å²) in [5.41, 5.74) is 6.67. The Morgan fingerprint density at radius 3 is 2.96 bits per heavy atom. The first-order valence-electron chi connectivity index (χ1n) is 8.48. The molecule has 0 atom stereocenters. The topological polar surface area (TPSA) is 63.2 Å². The van der Waals surface area contributed by atoms with Gasteiger partial charge in [0, 0.05) is 23.6 Å². The van der Waals surface area contributed by atoms with Gasteiger partial charge in [0.2, 0.25) is 5.88 Å². The Morgan fingerprint density at radius 1 is 1.36 bits per heavy atom. The number of anilines is 1. The molecule has 5 nitrogen and oxygen atoms in total. The predicted molar refractivity (Wildman–Crippen MR) is 103 cm³/mol. The van der Waals surface area contributed by atoms with E-state index in [9.17, 15) is 4.79 Å². The van der Waals surface area contributed by atoms with Crippen LogP contribution < -0.4 is 14.8 Å². The number of urea groups is 1. The van der Waals surface area contributed by atoms with Crippen LogP contribution in [0.15, 0.2) is 24.4 Å². The molecule has 0 bridgehead atoms. The first-order valence-corrected chi connectivity index (χ1v) is 9.47. The molecule has 3 rings (SSSR count). The molecule has 1 heterocycles. The van der Waals surface area contributed by atoms with Gasteiger partial charge >= 0.3 is 6.03 Å². The number of aromatic nitrogens is 1. The van der Waals surface area contributed by atoms with Crippen LogP contribution in [0.4, 0.5) is 10.5 Å². The number of hydrogen-bond acceptors (Lipinski definition) is 4. The Labute approximate surface area is 152 Å². The van der Waals surface area contributed by atoms with E-state index in [1.54, 1.807) is 13.3 Å². The normalized spacial score (nSPS) is 12.6. The fraction of sp³-hybridized carbons (Fsp3) is 0.368. The standard InChI is InChI=1S/C19H23N3O2S/c1-4-25-22-19(23)21-18-15-7-5-6-13(15)10-12(2)17(18)14-8-9-20-16(11-14)24-3/h8-11H,4-7H2,1-3H3,(H2,21,22,23). The number of aryl methyl sites for hydroxylation is 2. The van der Waals surface area contributed by atoms with Crippen LogP contribution in [0, 0.1) is 6.92 Å². The fourth-order valence-corrected chi connectivity index (χ4v) is 3.68. The van der Waals surface area contributed by atoms with Crippen molar-refractivity contribution in [2.45, 2.75) is 33.1 Å². The highest BCUT2D eigenvalue weighted by atomic mass is 32.2. The molecule has 0 radical (unpaired) electrons. The second kappa shape index (κ2) is 7.78. The van der Waals surface area contributed by atoms with Gasteiger partial charge < -0.3 is 10.1 Å². The second-order valence-electron chi connectivity index (χ2n) is 6.01. The Kier molecular flexibility index (Phi) is 5.48. The summed E-state index contributed by atoms with van der Waals surface area (Å²) < 4.78 is 8.09. The number of rotatable bonds is 5. The molecule has 0 unspecified atom stereocenters. The SMILES string of the molecule is CCSNC(=O)Nc1c2c(cc(C)c1-c1ccnc(OC)c1)CCC2. The number of nitrogens with one attached hydrogen (secondary N) is 2. The van der Waals surface area contributed by atoms with Gasteiger partial charge in [-0.15, -0.1) is 0 Å². The largest absolute Gasteiger partial charge is 0.481 e. The molecule has 0 saturated heterocycles. The summed E-state index contributed by atoms with van der Waals surface area (Å²) in [7, 11) is 1.61. The summed E-state index contributed by atoms with van der Waals surface area (Å²) in [4.78, 5) is 16.5. The maximum absolute atomic E-state index is 12.3. The first kappa shape index (κ1) is 17.6. The molecule has 1 aromatic heterocycles. The first-order chi connectivity index (χ1) is 12.1. The molecule has 1 aliphatic rings. The van der Waals surface area contributed by atoms with Crippen LogP contribution in [0.5, 0.6) is 5.88 Å². The lowest BCUT2D eigenvalue weighted by molar-refractivity contribution is 0.257. The van der Waals surface area contributed by atoms with Crippen LogP contribution in [0.25, 0.3) is 11.1 Å². The Hall–Kier alpha value is -2.21. The van der Waals surface area contributed by atoms with Gasteiger partial charge in [0.05, 0.1) is 12.8 Å². The zero-order valence-corrected chi connectivity index (χ0v) is 15.6. The highest BCUT2D eigenvalue weighted by Gasteiger charge is 2.22. The summed E-state index contributed by atoms with van der Waals surface area (Å²) in [6.45, 7) is 4.09. The summed E-state index contributed by atoms with van der Waals surface area (Å²) in [5.74, 6) is 1.39. The molecular weight excluding hydrogens is 334 g/mol. The average Bonchev–Trinajstić information content (AvgIpc) is 3.08. The summed E-state index contributed by atoms with van der Waals surface area (Å²) in [6, 6.07) is 5.92. The minimum absolute atomic E-state index is 0.186. The van der Waals surface area contributed by atoms with E-state index in [-0.39, 0.29) is 6.03 Å². The van der Waals surface area contributed by atoms with E-state index in [1.807, 2.05) is 19.1 Å². The van der Waals surface area contributed by atoms with Crippen molar-refractivity contribution >= 4 is 23.7 Å². The third-order valence-corrected chi connectivity index (χ3v) is 5.00. The predicted octanol–water partition coefficient (Wildman–Crippen LogP) is 4.34. The van der Waals surface area contributed by atoms with Crippen molar-refractivity contribution in [1.82, 2.24) is 9.71 Å². The number of carbonyl (C=O) groups excluding carboxylic acids is 1. The van der Waals surface area contributed by atoms with Crippen molar-refractivity contribution in [3.05, 3.63) is 41.1 Å². The summed E-state index contributed by atoms with van der Waals surface area (Å²) >= 11 is 1.39. The van der Waals surface area contributed by atoms with Crippen molar-refractivity contribution < 1.29 is 9.53 Å². The van der Waals surface area contributed by atoms with Crippen LogP contribution in [0.1, 0.15) is 30.0 Å². The third-order valence-electron chi connectivity index (χ3n) is 4.38. The third kappa shape index (κ3) is 3.74. The second-order valence-corrected chi connectivity index (χ2v) is 7.08. The molecule has 2 N–H and O–H groups in total. The van der Waals surface area contributed by atoms with Crippen LogP contribution >= 0.6 is 11.9 Å². The number of amides is 2. The minimum atomic E-state index is -0.186. The van der Waals surface area contributed by atoms with Gasteiger partial charge in [0.25, 0.3) is 0 Å².